The van der Waals surface area contributed by atoms with E-state index in [1.807, 2.05) is 0 Å². The Morgan fingerprint density at radius 1 is 1.18 bits per heavy atom. The van der Waals surface area contributed by atoms with Crippen LogP contribution in [-0.2, 0) is 20.8 Å². The summed E-state index contributed by atoms with van der Waals surface area (Å²) >= 11 is 0. The molecule has 6 heteroatoms. The number of carboxylic acid groups (broad SMARTS) is 2. The molecule has 0 saturated heterocycles. The topological polar surface area (TPSA) is 101 Å². The minimum Gasteiger partial charge on any atom is -0.480 e. The van der Waals surface area contributed by atoms with Crippen molar-refractivity contribution in [3.8, 4) is 5.75 Å². The predicted molar refractivity (Wildman–Crippen MR) is 53.5 cm³/mol. The molecule has 0 aromatic heterocycles. The van der Waals surface area contributed by atoms with E-state index in [2.05, 4.69) is 0 Å². The van der Waals surface area contributed by atoms with Gasteiger partial charge in [0.15, 0.2) is 0 Å². The maximum atomic E-state index is 11.6. The highest BCUT2D eigenvalue weighted by molar-refractivity contribution is 6.18. The van der Waals surface area contributed by atoms with Crippen molar-refractivity contribution in [2.24, 2.45) is 5.41 Å². The molecule has 1 aromatic rings. The van der Waals surface area contributed by atoms with Gasteiger partial charge in [-0.1, -0.05) is 18.2 Å². The van der Waals surface area contributed by atoms with Crippen LogP contribution in [0.3, 0.4) is 0 Å². The van der Waals surface area contributed by atoms with E-state index in [1.165, 1.54) is 12.1 Å². The molecule has 0 spiro atoms. The van der Waals surface area contributed by atoms with E-state index in [1.54, 1.807) is 12.1 Å². The summed E-state index contributed by atoms with van der Waals surface area (Å²) in [7, 11) is 0. The van der Waals surface area contributed by atoms with Crippen molar-refractivity contribution in [3.63, 3.8) is 0 Å². The number of carbonyl (C=O) groups is 3. The van der Waals surface area contributed by atoms with Crippen LogP contribution in [0.4, 0.5) is 0 Å². The smallest absolute Gasteiger partial charge is 0.340 e. The molecule has 0 aliphatic carbocycles. The highest BCUT2D eigenvalue weighted by Gasteiger charge is 2.58. The molecule has 0 amide bonds. The summed E-state index contributed by atoms with van der Waals surface area (Å²) in [5, 5.41) is 17.9. The van der Waals surface area contributed by atoms with Gasteiger partial charge < -0.3 is 14.9 Å². The standard InChI is InChI=1S/C11H8O6/c12-8(13)11(9(14)15)5-6-3-1-2-4-7(6)17-10(11)16/h1-4H,5H2,(H,12,13)(H,14,15). The Kier molecular flexibility index (Phi) is 2.35. The van der Waals surface area contributed by atoms with E-state index in [0.717, 1.165) is 0 Å². The molecule has 0 fully saturated rings. The number of fused-ring (bicyclic) bond motifs is 1. The SMILES string of the molecule is O=C(O)C1(C(=O)O)Cc2ccccc2OC1=O. The fourth-order valence-electron chi connectivity index (χ4n) is 1.71. The maximum Gasteiger partial charge on any atom is 0.340 e. The predicted octanol–water partition coefficient (Wildman–Crippen LogP) is 0.304. The van der Waals surface area contributed by atoms with E-state index >= 15 is 0 Å². The van der Waals surface area contributed by atoms with Crippen LogP contribution in [0.5, 0.6) is 5.75 Å². The second kappa shape index (κ2) is 3.58. The van der Waals surface area contributed by atoms with Crippen LogP contribution < -0.4 is 4.74 Å². The summed E-state index contributed by atoms with van der Waals surface area (Å²) in [4.78, 5) is 33.7. The zero-order valence-electron chi connectivity index (χ0n) is 8.54. The van der Waals surface area contributed by atoms with Gasteiger partial charge >= 0.3 is 17.9 Å². The van der Waals surface area contributed by atoms with E-state index in [0.29, 0.717) is 5.56 Å². The molecule has 0 radical (unpaired) electrons. The molecule has 6 nitrogen and oxygen atoms in total. The van der Waals surface area contributed by atoms with Crippen molar-refractivity contribution in [2.75, 3.05) is 0 Å². The third kappa shape index (κ3) is 1.45. The van der Waals surface area contributed by atoms with Crippen molar-refractivity contribution in [1.82, 2.24) is 0 Å². The zero-order chi connectivity index (χ0) is 12.6. The van der Waals surface area contributed by atoms with Crippen molar-refractivity contribution in [1.29, 1.82) is 0 Å². The quantitative estimate of drug-likeness (QED) is 0.435. The summed E-state index contributed by atoms with van der Waals surface area (Å²) in [6, 6.07) is 6.25. The average Bonchev–Trinajstić information content (AvgIpc) is 2.27. The number of ether oxygens (including phenoxy) is 1. The van der Waals surface area contributed by atoms with Crippen LogP contribution in [0.25, 0.3) is 0 Å². The third-order valence-corrected chi connectivity index (χ3v) is 2.71. The third-order valence-electron chi connectivity index (χ3n) is 2.71. The molecule has 2 N–H and O–H groups in total. The van der Waals surface area contributed by atoms with Crippen LogP contribution in [0, 0.1) is 5.41 Å². The van der Waals surface area contributed by atoms with Crippen molar-refractivity contribution in [3.05, 3.63) is 29.8 Å². The lowest BCUT2D eigenvalue weighted by Gasteiger charge is -2.28. The average molecular weight is 236 g/mol. The number of aliphatic carboxylic acids is 2. The van der Waals surface area contributed by atoms with Crippen LogP contribution in [0.2, 0.25) is 0 Å². The number of hydrogen-bond donors (Lipinski definition) is 2. The van der Waals surface area contributed by atoms with Crippen LogP contribution in [0.1, 0.15) is 5.56 Å². The Bertz CT molecular complexity index is 504. The molecule has 0 bridgehead atoms. The fourth-order valence-corrected chi connectivity index (χ4v) is 1.71. The minimum absolute atomic E-state index is 0.204. The van der Waals surface area contributed by atoms with E-state index in [9.17, 15) is 14.4 Å². The van der Waals surface area contributed by atoms with Gasteiger partial charge in [-0.15, -0.1) is 0 Å². The summed E-state index contributed by atoms with van der Waals surface area (Å²) in [6.07, 6.45) is -0.410. The summed E-state index contributed by atoms with van der Waals surface area (Å²) in [5.41, 5.74) is -2.16. The molecule has 17 heavy (non-hydrogen) atoms. The lowest BCUT2D eigenvalue weighted by atomic mass is 9.79. The first-order chi connectivity index (χ1) is 7.98. The van der Waals surface area contributed by atoms with E-state index in [-0.39, 0.29) is 5.75 Å². The number of rotatable bonds is 2. The molecular formula is C11H8O6. The molecule has 1 aliphatic heterocycles. The molecule has 0 saturated carbocycles. The highest BCUT2D eigenvalue weighted by atomic mass is 16.5. The molecule has 1 heterocycles. The first-order valence-corrected chi connectivity index (χ1v) is 4.75. The van der Waals surface area contributed by atoms with Gasteiger partial charge in [0.1, 0.15) is 5.75 Å². The monoisotopic (exact) mass is 236 g/mol. The fraction of sp³-hybridized carbons (Fsp3) is 0.182. The molecule has 2 rings (SSSR count). The maximum absolute atomic E-state index is 11.6. The Labute approximate surface area is 95.4 Å². The highest BCUT2D eigenvalue weighted by Crippen LogP contribution is 2.36. The first-order valence-electron chi connectivity index (χ1n) is 4.75. The number of benzene rings is 1. The van der Waals surface area contributed by atoms with Crippen molar-refractivity contribution < 1.29 is 29.3 Å². The number of esters is 1. The van der Waals surface area contributed by atoms with Gasteiger partial charge in [0.2, 0.25) is 0 Å². The van der Waals surface area contributed by atoms with Crippen LogP contribution >= 0.6 is 0 Å². The molecule has 1 aromatic carbocycles. The Morgan fingerprint density at radius 2 is 1.76 bits per heavy atom. The molecular weight excluding hydrogens is 228 g/mol. The lowest BCUT2D eigenvalue weighted by molar-refractivity contribution is -0.175. The van der Waals surface area contributed by atoms with Crippen molar-refractivity contribution in [2.45, 2.75) is 6.42 Å². The van der Waals surface area contributed by atoms with Crippen LogP contribution in [-0.4, -0.2) is 28.1 Å². The zero-order valence-corrected chi connectivity index (χ0v) is 8.54. The van der Waals surface area contributed by atoms with Crippen molar-refractivity contribution >= 4 is 17.9 Å². The normalized spacial score (nSPS) is 16.8. The molecule has 0 unspecified atom stereocenters. The largest absolute Gasteiger partial charge is 0.480 e. The number of para-hydroxylation sites is 1. The summed E-state index contributed by atoms with van der Waals surface area (Å²) in [5.74, 6) is -4.50. The van der Waals surface area contributed by atoms with Gasteiger partial charge in [0.25, 0.3) is 5.41 Å². The minimum atomic E-state index is -2.55. The summed E-state index contributed by atoms with van der Waals surface area (Å²) in [6.45, 7) is 0. The van der Waals surface area contributed by atoms with Gasteiger partial charge in [-0.05, 0) is 11.6 Å². The van der Waals surface area contributed by atoms with Gasteiger partial charge in [-0.3, -0.25) is 9.59 Å². The van der Waals surface area contributed by atoms with E-state index in [4.69, 9.17) is 14.9 Å². The number of carbonyl (C=O) groups excluding carboxylic acids is 1. The Balaban J connectivity index is 2.56. The molecule has 88 valence electrons. The molecule has 1 aliphatic rings. The Morgan fingerprint density at radius 3 is 2.35 bits per heavy atom. The van der Waals surface area contributed by atoms with Gasteiger partial charge in [0, 0.05) is 6.42 Å². The second-order valence-electron chi connectivity index (χ2n) is 3.69. The Hall–Kier alpha value is -2.37. The lowest BCUT2D eigenvalue weighted by Crippen LogP contribution is -2.52. The number of carboxylic acids is 2. The van der Waals surface area contributed by atoms with E-state index < -0.39 is 29.7 Å². The number of hydrogen-bond acceptors (Lipinski definition) is 4. The van der Waals surface area contributed by atoms with Crippen LogP contribution in [0.15, 0.2) is 24.3 Å². The first kappa shape index (κ1) is 11.1. The summed E-state index contributed by atoms with van der Waals surface area (Å²) < 4.78 is 4.77. The molecule has 0 atom stereocenters. The van der Waals surface area contributed by atoms with Gasteiger partial charge in [-0.2, -0.15) is 0 Å². The second-order valence-corrected chi connectivity index (χ2v) is 3.69. The van der Waals surface area contributed by atoms with Gasteiger partial charge in [0.05, 0.1) is 0 Å². The van der Waals surface area contributed by atoms with Gasteiger partial charge in [-0.25, -0.2) is 4.79 Å².